The van der Waals surface area contributed by atoms with Crippen LogP contribution in [0, 0.1) is 0 Å². The van der Waals surface area contributed by atoms with E-state index in [1.54, 1.807) is 11.9 Å². The lowest BCUT2D eigenvalue weighted by Gasteiger charge is -2.21. The molecule has 0 N–H and O–H groups in total. The first-order valence-corrected chi connectivity index (χ1v) is 4.78. The molecule has 0 amide bonds. The Balaban J connectivity index is 2.18. The zero-order valence-corrected chi connectivity index (χ0v) is 7.23. The molecule has 0 aliphatic carbocycles. The Morgan fingerprint density at radius 1 is 1.73 bits per heavy atom. The molecule has 0 aromatic carbocycles. The standard InChI is InChI=1S/C7H10N2OS/c1-11-9-3-2-6-7(4-9)10-5-8-6/h5H,2-4H2,1H3. The van der Waals surface area contributed by atoms with Crippen molar-refractivity contribution in [2.24, 2.45) is 0 Å². The van der Waals surface area contributed by atoms with Gasteiger partial charge < -0.3 is 4.42 Å². The third-order valence-electron chi connectivity index (χ3n) is 1.90. The molecule has 1 aromatic heterocycles. The van der Waals surface area contributed by atoms with Crippen LogP contribution >= 0.6 is 11.9 Å². The highest BCUT2D eigenvalue weighted by Gasteiger charge is 2.18. The maximum atomic E-state index is 5.22. The van der Waals surface area contributed by atoms with E-state index in [2.05, 4.69) is 15.5 Å². The van der Waals surface area contributed by atoms with Crippen molar-refractivity contribution < 1.29 is 4.42 Å². The van der Waals surface area contributed by atoms with Gasteiger partial charge >= 0.3 is 0 Å². The van der Waals surface area contributed by atoms with Crippen molar-refractivity contribution in [3.05, 3.63) is 17.8 Å². The van der Waals surface area contributed by atoms with Gasteiger partial charge in [-0.25, -0.2) is 9.29 Å². The molecule has 0 bridgehead atoms. The van der Waals surface area contributed by atoms with Gasteiger partial charge in [-0.1, -0.05) is 11.9 Å². The first kappa shape index (κ1) is 7.18. The summed E-state index contributed by atoms with van der Waals surface area (Å²) in [5.74, 6) is 1.03. The fraction of sp³-hybridized carbons (Fsp3) is 0.571. The van der Waals surface area contributed by atoms with Gasteiger partial charge in [0.05, 0.1) is 12.2 Å². The van der Waals surface area contributed by atoms with Crippen LogP contribution in [-0.4, -0.2) is 22.1 Å². The first-order chi connectivity index (χ1) is 5.40. The van der Waals surface area contributed by atoms with E-state index in [1.165, 1.54) is 6.39 Å². The third-order valence-corrected chi connectivity index (χ3v) is 2.73. The van der Waals surface area contributed by atoms with Gasteiger partial charge in [0, 0.05) is 13.0 Å². The van der Waals surface area contributed by atoms with Crippen LogP contribution in [0.5, 0.6) is 0 Å². The lowest BCUT2D eigenvalue weighted by Crippen LogP contribution is -2.23. The van der Waals surface area contributed by atoms with Gasteiger partial charge in [-0.05, 0) is 6.26 Å². The van der Waals surface area contributed by atoms with Crippen LogP contribution in [0.15, 0.2) is 10.8 Å². The second kappa shape index (κ2) is 2.87. The van der Waals surface area contributed by atoms with Gasteiger partial charge in [0.2, 0.25) is 0 Å². The molecule has 4 heteroatoms. The van der Waals surface area contributed by atoms with E-state index < -0.39 is 0 Å². The van der Waals surface area contributed by atoms with E-state index in [0.29, 0.717) is 0 Å². The number of rotatable bonds is 1. The molecule has 1 aliphatic heterocycles. The topological polar surface area (TPSA) is 29.3 Å². The summed E-state index contributed by atoms with van der Waals surface area (Å²) in [6.45, 7) is 1.98. The molecule has 0 fully saturated rings. The molecule has 60 valence electrons. The zero-order chi connectivity index (χ0) is 7.68. The molecule has 0 spiro atoms. The highest BCUT2D eigenvalue weighted by molar-refractivity contribution is 7.96. The van der Waals surface area contributed by atoms with Crippen LogP contribution in [-0.2, 0) is 13.0 Å². The normalized spacial score (nSPS) is 18.3. The molecule has 1 aliphatic rings. The maximum Gasteiger partial charge on any atom is 0.181 e. The van der Waals surface area contributed by atoms with Crippen molar-refractivity contribution in [3.8, 4) is 0 Å². The average Bonchev–Trinajstić information content (AvgIpc) is 2.50. The van der Waals surface area contributed by atoms with Gasteiger partial charge in [0.25, 0.3) is 0 Å². The number of hydrogen-bond donors (Lipinski definition) is 0. The van der Waals surface area contributed by atoms with Crippen molar-refractivity contribution >= 4 is 11.9 Å². The van der Waals surface area contributed by atoms with Gasteiger partial charge in [0.1, 0.15) is 5.76 Å². The number of fused-ring (bicyclic) bond motifs is 1. The molecule has 3 nitrogen and oxygen atoms in total. The Hall–Kier alpha value is -0.480. The molecule has 11 heavy (non-hydrogen) atoms. The summed E-state index contributed by atoms with van der Waals surface area (Å²) in [6, 6.07) is 0. The summed E-state index contributed by atoms with van der Waals surface area (Å²) in [7, 11) is 0. The van der Waals surface area contributed by atoms with Gasteiger partial charge in [0.15, 0.2) is 6.39 Å². The second-order valence-electron chi connectivity index (χ2n) is 2.52. The molecule has 2 rings (SSSR count). The van der Waals surface area contributed by atoms with E-state index in [0.717, 1.165) is 31.0 Å². The lowest BCUT2D eigenvalue weighted by atomic mass is 10.2. The smallest absolute Gasteiger partial charge is 0.181 e. The molecule has 0 atom stereocenters. The van der Waals surface area contributed by atoms with Crippen molar-refractivity contribution in [1.82, 2.24) is 9.29 Å². The summed E-state index contributed by atoms with van der Waals surface area (Å²) >= 11 is 1.76. The quantitative estimate of drug-likeness (QED) is 0.594. The Bertz CT molecular complexity index is 248. The predicted octanol–water partition coefficient (Wildman–Crippen LogP) is 1.31. The van der Waals surface area contributed by atoms with Gasteiger partial charge in [-0.3, -0.25) is 0 Å². The minimum absolute atomic E-state index is 0.899. The SMILES string of the molecule is CSN1CCc2ncoc2C1. The Labute approximate surface area is 69.9 Å². The molecule has 0 saturated heterocycles. The number of nitrogens with zero attached hydrogens (tertiary/aromatic N) is 2. The molecule has 2 heterocycles. The first-order valence-electron chi connectivity index (χ1n) is 3.60. The average molecular weight is 170 g/mol. The van der Waals surface area contributed by atoms with Crippen molar-refractivity contribution in [2.45, 2.75) is 13.0 Å². The van der Waals surface area contributed by atoms with E-state index in [4.69, 9.17) is 4.42 Å². The molecular weight excluding hydrogens is 160 g/mol. The summed E-state index contributed by atoms with van der Waals surface area (Å²) in [5.41, 5.74) is 1.13. The van der Waals surface area contributed by atoms with Crippen LogP contribution in [0.3, 0.4) is 0 Å². The summed E-state index contributed by atoms with van der Waals surface area (Å²) in [4.78, 5) is 4.12. The molecule has 1 aromatic rings. The van der Waals surface area contributed by atoms with E-state index in [9.17, 15) is 0 Å². The minimum Gasteiger partial charge on any atom is -0.447 e. The monoisotopic (exact) mass is 170 g/mol. The van der Waals surface area contributed by atoms with Gasteiger partial charge in [-0.15, -0.1) is 0 Å². The Morgan fingerprint density at radius 2 is 2.64 bits per heavy atom. The molecule has 0 unspecified atom stereocenters. The van der Waals surface area contributed by atoms with Crippen LogP contribution in [0.1, 0.15) is 11.5 Å². The van der Waals surface area contributed by atoms with Crippen LogP contribution in [0.25, 0.3) is 0 Å². The van der Waals surface area contributed by atoms with Gasteiger partial charge in [-0.2, -0.15) is 0 Å². The summed E-state index contributed by atoms with van der Waals surface area (Å²) in [6.07, 6.45) is 4.64. The van der Waals surface area contributed by atoms with E-state index in [1.807, 2.05) is 0 Å². The minimum atomic E-state index is 0.899. The zero-order valence-electron chi connectivity index (χ0n) is 6.41. The number of hydrogen-bond acceptors (Lipinski definition) is 4. The van der Waals surface area contributed by atoms with Crippen molar-refractivity contribution in [1.29, 1.82) is 0 Å². The van der Waals surface area contributed by atoms with Crippen molar-refractivity contribution in [2.75, 3.05) is 12.8 Å². The Morgan fingerprint density at radius 3 is 3.45 bits per heavy atom. The van der Waals surface area contributed by atoms with E-state index >= 15 is 0 Å². The van der Waals surface area contributed by atoms with Crippen molar-refractivity contribution in [3.63, 3.8) is 0 Å². The fourth-order valence-electron chi connectivity index (χ4n) is 1.25. The van der Waals surface area contributed by atoms with Crippen LogP contribution in [0.4, 0.5) is 0 Å². The summed E-state index contributed by atoms with van der Waals surface area (Å²) in [5, 5.41) is 0. The highest BCUT2D eigenvalue weighted by Crippen LogP contribution is 2.21. The highest BCUT2D eigenvalue weighted by atomic mass is 32.2. The number of oxazole rings is 1. The molecule has 0 radical (unpaired) electrons. The maximum absolute atomic E-state index is 5.22. The van der Waals surface area contributed by atoms with Crippen LogP contribution < -0.4 is 0 Å². The fourth-order valence-corrected chi connectivity index (χ4v) is 1.77. The molecular formula is C7H10N2OS. The number of aromatic nitrogens is 1. The third kappa shape index (κ3) is 1.28. The summed E-state index contributed by atoms with van der Waals surface area (Å²) < 4.78 is 7.49. The van der Waals surface area contributed by atoms with E-state index in [-0.39, 0.29) is 0 Å². The second-order valence-corrected chi connectivity index (χ2v) is 3.40. The largest absolute Gasteiger partial charge is 0.447 e. The lowest BCUT2D eigenvalue weighted by molar-refractivity contribution is 0.374. The Kier molecular flexibility index (Phi) is 1.87. The van der Waals surface area contributed by atoms with Crippen LogP contribution in [0.2, 0.25) is 0 Å². The molecule has 0 saturated carbocycles. The predicted molar refractivity (Wildman–Crippen MR) is 44.1 cm³/mol.